The summed E-state index contributed by atoms with van der Waals surface area (Å²) in [6, 6.07) is 53.6. The van der Waals surface area contributed by atoms with Crippen LogP contribution in [-0.4, -0.2) is 14.5 Å². The quantitative estimate of drug-likeness (QED) is 0.206. The average Bonchev–Trinajstić information content (AvgIpc) is 3.43. The summed E-state index contributed by atoms with van der Waals surface area (Å²) in [5.74, 6) is 0. The van der Waals surface area contributed by atoms with Crippen molar-refractivity contribution in [1.29, 1.82) is 0 Å². The van der Waals surface area contributed by atoms with Gasteiger partial charge in [-0.05, 0) is 47.9 Å². The number of rotatable bonds is 3. The number of hydrogen-bond acceptors (Lipinski definition) is 2. The predicted molar refractivity (Wildman–Crippen MR) is 180 cm³/mol. The molecule has 6 aromatic carbocycles. The molecule has 0 saturated heterocycles. The molecule has 200 valence electrons. The molecule has 0 radical (unpaired) electrons. The Hall–Kier alpha value is -5.80. The molecule has 9 rings (SSSR count). The van der Waals surface area contributed by atoms with E-state index in [0.29, 0.717) is 0 Å². The fourth-order valence-electron chi connectivity index (χ4n) is 6.60. The minimum Gasteiger partial charge on any atom is -0.309 e. The molecule has 0 spiro atoms. The van der Waals surface area contributed by atoms with Crippen LogP contribution in [-0.2, 0) is 0 Å². The van der Waals surface area contributed by atoms with E-state index in [9.17, 15) is 0 Å². The van der Waals surface area contributed by atoms with Gasteiger partial charge in [-0.25, -0.2) is 9.97 Å². The van der Waals surface area contributed by atoms with Crippen LogP contribution in [0.4, 0.5) is 0 Å². The maximum Gasteiger partial charge on any atom is 0.0795 e. The standard InChI is InChI=1S/C40H25N3/c1-2-11-29(12-3-1)43-36-17-9-6-14-32(36)38-37(43)25-23-31-30-13-5-8-16-35(30)42-40(39(31)38)28-20-18-27(19-21-28)34-24-22-26-10-4-7-15-33(26)41-34/h1-25H. The lowest BCUT2D eigenvalue weighted by molar-refractivity contribution is 1.18. The van der Waals surface area contributed by atoms with Gasteiger partial charge in [0.15, 0.2) is 0 Å². The second-order valence-corrected chi connectivity index (χ2v) is 11.0. The molecule has 0 aliphatic heterocycles. The normalized spacial score (nSPS) is 11.7. The second kappa shape index (κ2) is 9.37. The largest absolute Gasteiger partial charge is 0.309 e. The molecule has 0 fully saturated rings. The molecule has 3 heteroatoms. The summed E-state index contributed by atoms with van der Waals surface area (Å²) < 4.78 is 2.37. The SMILES string of the molecule is c1ccc(-n2c3ccccc3c3c4c(-c5ccc(-c6ccc7ccccc7n6)cc5)nc5ccccc5c4ccc32)cc1. The molecule has 0 aliphatic carbocycles. The third-order valence-corrected chi connectivity index (χ3v) is 8.57. The first-order chi connectivity index (χ1) is 21.3. The third-order valence-electron chi connectivity index (χ3n) is 8.57. The Bertz CT molecular complexity index is 2490. The number of hydrogen-bond donors (Lipinski definition) is 0. The van der Waals surface area contributed by atoms with Crippen LogP contribution in [0.2, 0.25) is 0 Å². The summed E-state index contributed by atoms with van der Waals surface area (Å²) in [5.41, 5.74) is 9.65. The molecule has 0 aliphatic rings. The Morgan fingerprint density at radius 1 is 0.395 bits per heavy atom. The molecule has 0 N–H and O–H groups in total. The average molecular weight is 548 g/mol. The van der Waals surface area contributed by atoms with Gasteiger partial charge >= 0.3 is 0 Å². The van der Waals surface area contributed by atoms with E-state index in [0.717, 1.165) is 50.0 Å². The van der Waals surface area contributed by atoms with Gasteiger partial charge in [0.1, 0.15) is 0 Å². The molecular formula is C40H25N3. The third kappa shape index (κ3) is 3.68. The highest BCUT2D eigenvalue weighted by atomic mass is 15.0. The minimum absolute atomic E-state index is 0.968. The van der Waals surface area contributed by atoms with E-state index in [1.165, 1.54) is 32.6 Å². The zero-order chi connectivity index (χ0) is 28.3. The van der Waals surface area contributed by atoms with Crippen LogP contribution in [0.15, 0.2) is 152 Å². The van der Waals surface area contributed by atoms with Gasteiger partial charge in [-0.2, -0.15) is 0 Å². The number of aromatic nitrogens is 3. The number of pyridine rings is 2. The van der Waals surface area contributed by atoms with Gasteiger partial charge in [0.05, 0.1) is 33.5 Å². The first-order valence-electron chi connectivity index (χ1n) is 14.6. The van der Waals surface area contributed by atoms with Crippen molar-refractivity contribution in [2.75, 3.05) is 0 Å². The first kappa shape index (κ1) is 23.9. The van der Waals surface area contributed by atoms with Gasteiger partial charge in [-0.1, -0.05) is 109 Å². The van der Waals surface area contributed by atoms with E-state index < -0.39 is 0 Å². The molecule has 43 heavy (non-hydrogen) atoms. The molecule has 3 aromatic heterocycles. The maximum absolute atomic E-state index is 5.33. The van der Waals surface area contributed by atoms with Crippen molar-refractivity contribution in [3.63, 3.8) is 0 Å². The number of fused-ring (bicyclic) bond motifs is 8. The van der Waals surface area contributed by atoms with Gasteiger partial charge in [0.25, 0.3) is 0 Å². The van der Waals surface area contributed by atoms with Crippen molar-refractivity contribution in [3.05, 3.63) is 152 Å². The van der Waals surface area contributed by atoms with Gasteiger partial charge in [0.2, 0.25) is 0 Å². The van der Waals surface area contributed by atoms with Crippen molar-refractivity contribution in [2.24, 2.45) is 0 Å². The zero-order valence-corrected chi connectivity index (χ0v) is 23.3. The lowest BCUT2D eigenvalue weighted by atomic mass is 9.95. The van der Waals surface area contributed by atoms with E-state index in [4.69, 9.17) is 9.97 Å². The predicted octanol–water partition coefficient (Wildman–Crippen LogP) is 10.4. The highest BCUT2D eigenvalue weighted by molar-refractivity contribution is 6.28. The number of nitrogens with zero attached hydrogens (tertiary/aromatic N) is 3. The molecule has 0 unspecified atom stereocenters. The van der Waals surface area contributed by atoms with Crippen molar-refractivity contribution in [3.8, 4) is 28.2 Å². The van der Waals surface area contributed by atoms with Crippen molar-refractivity contribution >= 4 is 54.4 Å². The highest BCUT2D eigenvalue weighted by Gasteiger charge is 2.19. The topological polar surface area (TPSA) is 30.7 Å². The molecule has 3 heterocycles. The molecule has 0 saturated carbocycles. The molecule has 0 bridgehead atoms. The summed E-state index contributed by atoms with van der Waals surface area (Å²) in [6.07, 6.45) is 0. The Labute approximate surface area is 248 Å². The number of para-hydroxylation sites is 4. The summed E-state index contributed by atoms with van der Waals surface area (Å²) in [4.78, 5) is 10.3. The van der Waals surface area contributed by atoms with Gasteiger partial charge < -0.3 is 4.57 Å². The maximum atomic E-state index is 5.33. The Morgan fingerprint density at radius 2 is 1.09 bits per heavy atom. The summed E-state index contributed by atoms with van der Waals surface area (Å²) in [7, 11) is 0. The Balaban J connectivity index is 1.34. The highest BCUT2D eigenvalue weighted by Crippen LogP contribution is 2.42. The molecule has 3 nitrogen and oxygen atoms in total. The van der Waals surface area contributed by atoms with E-state index in [1.807, 2.05) is 12.1 Å². The van der Waals surface area contributed by atoms with E-state index >= 15 is 0 Å². The Morgan fingerprint density at radius 3 is 1.95 bits per heavy atom. The smallest absolute Gasteiger partial charge is 0.0795 e. The minimum atomic E-state index is 0.968. The zero-order valence-electron chi connectivity index (χ0n) is 23.3. The lowest BCUT2D eigenvalue weighted by Gasteiger charge is -2.13. The van der Waals surface area contributed by atoms with Gasteiger partial charge in [-0.15, -0.1) is 0 Å². The van der Waals surface area contributed by atoms with Crippen molar-refractivity contribution in [2.45, 2.75) is 0 Å². The number of benzene rings is 6. The van der Waals surface area contributed by atoms with Crippen LogP contribution in [0.3, 0.4) is 0 Å². The van der Waals surface area contributed by atoms with Crippen molar-refractivity contribution in [1.82, 2.24) is 14.5 Å². The first-order valence-corrected chi connectivity index (χ1v) is 14.6. The fraction of sp³-hybridized carbons (Fsp3) is 0. The van der Waals surface area contributed by atoms with Crippen LogP contribution in [0.5, 0.6) is 0 Å². The van der Waals surface area contributed by atoms with Crippen molar-refractivity contribution < 1.29 is 0 Å². The second-order valence-electron chi connectivity index (χ2n) is 11.0. The lowest BCUT2D eigenvalue weighted by Crippen LogP contribution is -1.94. The summed E-state index contributed by atoms with van der Waals surface area (Å²) in [5, 5.41) is 7.15. The molecule has 9 aromatic rings. The van der Waals surface area contributed by atoms with Gasteiger partial charge in [-0.3, -0.25) is 0 Å². The fourth-order valence-corrected chi connectivity index (χ4v) is 6.60. The molecular weight excluding hydrogens is 522 g/mol. The van der Waals surface area contributed by atoms with Crippen LogP contribution in [0.1, 0.15) is 0 Å². The summed E-state index contributed by atoms with van der Waals surface area (Å²) >= 11 is 0. The Kier molecular flexibility index (Phi) is 5.20. The van der Waals surface area contributed by atoms with Crippen LogP contribution in [0, 0.1) is 0 Å². The van der Waals surface area contributed by atoms with E-state index in [1.54, 1.807) is 0 Å². The summed E-state index contributed by atoms with van der Waals surface area (Å²) in [6.45, 7) is 0. The van der Waals surface area contributed by atoms with E-state index in [-0.39, 0.29) is 0 Å². The van der Waals surface area contributed by atoms with E-state index in [2.05, 4.69) is 144 Å². The monoisotopic (exact) mass is 547 g/mol. The molecule has 0 amide bonds. The molecule has 0 atom stereocenters. The van der Waals surface area contributed by atoms with Crippen LogP contribution in [0.25, 0.3) is 82.6 Å². The van der Waals surface area contributed by atoms with Crippen LogP contribution < -0.4 is 0 Å². The van der Waals surface area contributed by atoms with Crippen LogP contribution >= 0.6 is 0 Å². The van der Waals surface area contributed by atoms with Gasteiger partial charge in [0, 0.05) is 43.7 Å².